The second-order valence-electron chi connectivity index (χ2n) is 4.95. The third kappa shape index (κ3) is 19.9. The third-order valence-electron chi connectivity index (χ3n) is 2.99. The zero-order chi connectivity index (χ0) is 16.7. The van der Waals surface area contributed by atoms with Crippen LogP contribution in [0.25, 0.3) is 0 Å². The van der Waals surface area contributed by atoms with E-state index in [4.69, 9.17) is 0 Å². The van der Waals surface area contributed by atoms with E-state index in [9.17, 15) is 17.8 Å². The maximum Gasteiger partial charge on any atom is 0.181 e. The van der Waals surface area contributed by atoms with Crippen LogP contribution >= 0.6 is 0 Å². The van der Waals surface area contributed by atoms with Gasteiger partial charge in [0, 0.05) is 12.2 Å². The molecule has 0 amide bonds. The van der Waals surface area contributed by atoms with Gasteiger partial charge in [-0.15, -0.1) is 0 Å². The van der Waals surface area contributed by atoms with E-state index in [2.05, 4.69) is 20.8 Å². The van der Waals surface area contributed by atoms with Crippen LogP contribution in [0.5, 0.6) is 0 Å². The molecule has 128 valence electrons. The smallest absolute Gasteiger partial charge is 0.181 e. The van der Waals surface area contributed by atoms with Gasteiger partial charge in [-0.1, -0.05) is 33.1 Å². The first kappa shape index (κ1) is 23.2. The fourth-order valence-corrected chi connectivity index (χ4v) is 3.66. The minimum atomic E-state index is -3.94. The molecule has 0 heterocycles. The monoisotopic (exact) mass is 340 g/mol. The van der Waals surface area contributed by atoms with Gasteiger partial charge >= 0.3 is 0 Å². The summed E-state index contributed by atoms with van der Waals surface area (Å²) in [6.45, 7) is 8.39. The Hall–Kier alpha value is -0.0700. The maximum atomic E-state index is 11.5. The van der Waals surface area contributed by atoms with Gasteiger partial charge in [-0.25, -0.2) is 8.42 Å². The predicted molar refractivity (Wildman–Crippen MR) is 91.9 cm³/mol. The summed E-state index contributed by atoms with van der Waals surface area (Å²) in [7, 11) is -3.56. The number of carbonyl (C=O) groups excluding carboxylic acids is 1. The number of ketones is 1. The molecule has 0 rings (SSSR count). The molecule has 0 fully saturated rings. The molecule has 0 aliphatic rings. The topological polar surface area (TPSA) is 74.3 Å². The molecule has 0 saturated heterocycles. The van der Waals surface area contributed by atoms with E-state index in [0.29, 0.717) is 23.1 Å². The summed E-state index contributed by atoms with van der Waals surface area (Å²) in [5, 5.41) is 0. The highest BCUT2D eigenvalue weighted by atomic mass is 32.2. The van der Waals surface area contributed by atoms with E-state index in [1.807, 2.05) is 6.92 Å². The van der Waals surface area contributed by atoms with Crippen LogP contribution < -0.4 is 0 Å². The van der Waals surface area contributed by atoms with Crippen molar-refractivity contribution in [3.8, 4) is 0 Å². The fourth-order valence-electron chi connectivity index (χ4n) is 1.60. The largest absolute Gasteiger partial charge is 0.748 e. The van der Waals surface area contributed by atoms with Gasteiger partial charge in [-0.3, -0.25) is 4.79 Å². The molecule has 0 aliphatic heterocycles. The summed E-state index contributed by atoms with van der Waals surface area (Å²) >= 11 is 0. The third-order valence-corrected chi connectivity index (χ3v) is 6.14. The Balaban J connectivity index is 0. The molecular formula is C15H32O4S2. The van der Waals surface area contributed by atoms with Gasteiger partial charge in [0.2, 0.25) is 0 Å². The van der Waals surface area contributed by atoms with Crippen molar-refractivity contribution < 1.29 is 17.8 Å². The van der Waals surface area contributed by atoms with Gasteiger partial charge in [-0.2, -0.15) is 0 Å². The lowest BCUT2D eigenvalue weighted by Crippen LogP contribution is -2.19. The molecule has 0 aromatic carbocycles. The normalized spacial score (nSPS) is 11.1. The van der Waals surface area contributed by atoms with Crippen LogP contribution in [0.4, 0.5) is 0 Å². The van der Waals surface area contributed by atoms with E-state index in [1.165, 1.54) is 24.3 Å². The average Bonchev–Trinajstić information content (AvgIpc) is 2.42. The number of carbonyl (C=O) groups is 1. The zero-order valence-corrected chi connectivity index (χ0v) is 15.7. The number of hydrogen-bond donors (Lipinski definition) is 0. The Labute approximate surface area is 134 Å². The lowest BCUT2D eigenvalue weighted by molar-refractivity contribution is -0.116. The van der Waals surface area contributed by atoms with Crippen molar-refractivity contribution in [3.05, 3.63) is 0 Å². The Morgan fingerprint density at radius 2 is 1.48 bits per heavy atom. The van der Waals surface area contributed by atoms with Crippen molar-refractivity contribution in [3.63, 3.8) is 0 Å². The minimum Gasteiger partial charge on any atom is -0.748 e. The van der Waals surface area contributed by atoms with Crippen LogP contribution in [-0.2, 0) is 25.8 Å². The van der Waals surface area contributed by atoms with Crippen molar-refractivity contribution in [2.24, 2.45) is 0 Å². The highest BCUT2D eigenvalue weighted by molar-refractivity contribution is 7.97. The molecule has 0 aliphatic carbocycles. The maximum absolute atomic E-state index is 11.5. The highest BCUT2D eigenvalue weighted by Gasteiger charge is 2.17. The van der Waals surface area contributed by atoms with Crippen molar-refractivity contribution in [1.82, 2.24) is 0 Å². The first-order valence-corrected chi connectivity index (χ1v) is 11.2. The van der Waals surface area contributed by atoms with E-state index in [1.54, 1.807) is 0 Å². The molecule has 21 heavy (non-hydrogen) atoms. The van der Waals surface area contributed by atoms with Crippen LogP contribution in [0.2, 0.25) is 0 Å². The van der Waals surface area contributed by atoms with Gasteiger partial charge in [0.05, 0.1) is 10.1 Å². The fraction of sp³-hybridized carbons (Fsp3) is 0.933. The van der Waals surface area contributed by atoms with E-state index in [-0.39, 0.29) is 5.75 Å². The molecular weight excluding hydrogens is 308 g/mol. The van der Waals surface area contributed by atoms with Crippen LogP contribution in [0, 0.1) is 0 Å². The second kappa shape index (κ2) is 14.9. The SMILES string of the molecule is CCCCCC(=O)C[S+](CC)CC.CCCCS(=O)(=O)[O-]. The van der Waals surface area contributed by atoms with Gasteiger partial charge in [0.25, 0.3) is 0 Å². The van der Waals surface area contributed by atoms with E-state index >= 15 is 0 Å². The summed E-state index contributed by atoms with van der Waals surface area (Å²) in [6, 6.07) is 0. The molecule has 6 heteroatoms. The number of rotatable bonds is 11. The number of unbranched alkanes of at least 4 members (excludes halogenated alkanes) is 3. The Bertz CT molecular complexity index is 336. The highest BCUT2D eigenvalue weighted by Crippen LogP contribution is 2.03. The molecule has 0 unspecified atom stereocenters. The first-order valence-electron chi connectivity index (χ1n) is 7.89. The molecule has 0 bridgehead atoms. The summed E-state index contributed by atoms with van der Waals surface area (Å²) in [6.07, 6.45) is 5.56. The molecule has 0 spiro atoms. The first-order chi connectivity index (χ1) is 9.80. The van der Waals surface area contributed by atoms with Crippen LogP contribution in [0.1, 0.15) is 66.2 Å². The Morgan fingerprint density at radius 3 is 1.81 bits per heavy atom. The van der Waals surface area contributed by atoms with Crippen LogP contribution in [0.15, 0.2) is 0 Å². The van der Waals surface area contributed by atoms with E-state index < -0.39 is 10.1 Å². The minimum absolute atomic E-state index is 0.219. The van der Waals surface area contributed by atoms with Gasteiger partial charge in [0.15, 0.2) is 11.5 Å². The summed E-state index contributed by atoms with van der Waals surface area (Å²) in [5.74, 6) is 3.46. The molecule has 0 atom stereocenters. The molecule has 0 saturated carbocycles. The van der Waals surface area contributed by atoms with Gasteiger partial charge in [-0.05, 0) is 37.6 Å². The molecule has 0 N–H and O–H groups in total. The summed E-state index contributed by atoms with van der Waals surface area (Å²) in [4.78, 5) is 11.5. The molecule has 0 aromatic heterocycles. The summed E-state index contributed by atoms with van der Waals surface area (Å²) in [5.41, 5.74) is 0. The molecule has 0 radical (unpaired) electrons. The van der Waals surface area contributed by atoms with E-state index in [0.717, 1.165) is 25.0 Å². The molecule has 0 aromatic rings. The number of hydrogen-bond acceptors (Lipinski definition) is 4. The standard InChI is InChI=1S/C11H23OS.C4H10O3S/c1-4-7-8-9-11(12)10-13(5-2)6-3;1-2-3-4-8(5,6)7/h4-10H2,1-3H3;2-4H2,1H3,(H,5,6,7)/q+1;/p-1. The Morgan fingerprint density at radius 1 is 0.952 bits per heavy atom. The van der Waals surface area contributed by atoms with Crippen molar-refractivity contribution in [2.75, 3.05) is 23.0 Å². The van der Waals surface area contributed by atoms with Crippen LogP contribution in [0.3, 0.4) is 0 Å². The lowest BCUT2D eigenvalue weighted by atomic mass is 10.2. The van der Waals surface area contributed by atoms with Crippen LogP contribution in [-0.4, -0.2) is 41.8 Å². The zero-order valence-electron chi connectivity index (χ0n) is 14.0. The second-order valence-corrected chi connectivity index (χ2v) is 9.14. The van der Waals surface area contributed by atoms with Crippen molar-refractivity contribution >= 4 is 26.8 Å². The predicted octanol–water partition coefficient (Wildman–Crippen LogP) is 3.13. The Kier molecular flexibility index (Phi) is 16.4. The van der Waals surface area contributed by atoms with Crippen molar-refractivity contribution in [2.45, 2.75) is 66.2 Å². The van der Waals surface area contributed by atoms with Crippen molar-refractivity contribution in [1.29, 1.82) is 0 Å². The summed E-state index contributed by atoms with van der Waals surface area (Å²) < 4.78 is 29.5. The quantitative estimate of drug-likeness (QED) is 0.329. The van der Waals surface area contributed by atoms with Gasteiger partial charge in [0.1, 0.15) is 11.5 Å². The lowest BCUT2D eigenvalue weighted by Gasteiger charge is -2.02. The number of Topliss-reactive ketones (excluding diaryl/α,β-unsaturated/α-hetero) is 1. The molecule has 4 nitrogen and oxygen atoms in total. The van der Waals surface area contributed by atoms with Gasteiger partial charge < -0.3 is 4.55 Å². The average molecular weight is 341 g/mol.